The molecule has 21 heavy (non-hydrogen) atoms. The molecular weight excluding hydrogens is 266 g/mol. The van der Waals surface area contributed by atoms with Gasteiger partial charge in [0, 0.05) is 18.5 Å². The zero-order valence-corrected chi connectivity index (χ0v) is 12.3. The van der Waals surface area contributed by atoms with Gasteiger partial charge in [0.2, 0.25) is 5.76 Å². The molecule has 0 amide bonds. The minimum Gasteiger partial charge on any atom is -0.475 e. The van der Waals surface area contributed by atoms with Gasteiger partial charge >= 0.3 is 5.97 Å². The van der Waals surface area contributed by atoms with Crippen molar-refractivity contribution in [3.8, 4) is 0 Å². The second-order valence-electron chi connectivity index (χ2n) is 6.14. The SMILES string of the molecule is CCCC1(CNCc2ccc3oc(C(=O)O)cc3c2)CC1. The summed E-state index contributed by atoms with van der Waals surface area (Å²) in [6.07, 6.45) is 5.25. The second-order valence-corrected chi connectivity index (χ2v) is 6.14. The van der Waals surface area contributed by atoms with Gasteiger partial charge in [-0.3, -0.25) is 0 Å². The molecule has 0 unspecified atom stereocenters. The first-order chi connectivity index (χ1) is 10.1. The maximum absolute atomic E-state index is 10.9. The van der Waals surface area contributed by atoms with Crippen LogP contribution in [0.25, 0.3) is 11.0 Å². The van der Waals surface area contributed by atoms with Crippen LogP contribution in [0.2, 0.25) is 0 Å². The molecule has 2 N–H and O–H groups in total. The molecule has 0 bridgehead atoms. The van der Waals surface area contributed by atoms with Crippen LogP contribution in [-0.2, 0) is 6.54 Å². The van der Waals surface area contributed by atoms with Crippen LogP contribution in [0.5, 0.6) is 0 Å². The molecule has 1 aromatic carbocycles. The third-order valence-electron chi connectivity index (χ3n) is 4.36. The fraction of sp³-hybridized carbons (Fsp3) is 0.471. The molecule has 112 valence electrons. The van der Waals surface area contributed by atoms with Gasteiger partial charge in [-0.15, -0.1) is 0 Å². The zero-order chi connectivity index (χ0) is 14.9. The van der Waals surface area contributed by atoms with Crippen molar-refractivity contribution in [2.45, 2.75) is 39.2 Å². The van der Waals surface area contributed by atoms with E-state index in [1.807, 2.05) is 18.2 Å². The molecule has 0 spiro atoms. The highest BCUT2D eigenvalue weighted by Gasteiger charge is 2.40. The van der Waals surface area contributed by atoms with Crippen molar-refractivity contribution in [1.29, 1.82) is 0 Å². The minimum absolute atomic E-state index is 0.00464. The summed E-state index contributed by atoms with van der Waals surface area (Å²) in [5, 5.41) is 13.3. The van der Waals surface area contributed by atoms with Crippen LogP contribution in [0.15, 0.2) is 28.7 Å². The highest BCUT2D eigenvalue weighted by atomic mass is 16.4. The standard InChI is InChI=1S/C17H21NO3/c1-2-5-17(6-7-17)11-18-10-12-3-4-14-13(8-12)9-15(21-14)16(19)20/h3-4,8-9,18H,2,5-7,10-11H2,1H3,(H,19,20). The number of carboxylic acids is 1. The lowest BCUT2D eigenvalue weighted by Crippen LogP contribution is -2.23. The van der Waals surface area contributed by atoms with Crippen molar-refractivity contribution < 1.29 is 14.3 Å². The molecule has 4 nitrogen and oxygen atoms in total. The van der Waals surface area contributed by atoms with E-state index in [-0.39, 0.29) is 5.76 Å². The first kappa shape index (κ1) is 14.1. The van der Waals surface area contributed by atoms with Crippen LogP contribution >= 0.6 is 0 Å². The van der Waals surface area contributed by atoms with Gasteiger partial charge in [0.25, 0.3) is 0 Å². The maximum atomic E-state index is 10.9. The Balaban J connectivity index is 1.63. The summed E-state index contributed by atoms with van der Waals surface area (Å²) in [6, 6.07) is 7.42. The smallest absolute Gasteiger partial charge is 0.371 e. The van der Waals surface area contributed by atoms with E-state index in [0.717, 1.165) is 24.0 Å². The summed E-state index contributed by atoms with van der Waals surface area (Å²) in [5.41, 5.74) is 2.33. The third-order valence-corrected chi connectivity index (χ3v) is 4.36. The normalized spacial score (nSPS) is 16.2. The largest absolute Gasteiger partial charge is 0.475 e. The lowest BCUT2D eigenvalue weighted by atomic mass is 10.0. The second kappa shape index (κ2) is 5.53. The topological polar surface area (TPSA) is 62.5 Å². The number of hydrogen-bond acceptors (Lipinski definition) is 3. The lowest BCUT2D eigenvalue weighted by Gasteiger charge is -2.14. The number of furan rings is 1. The molecule has 1 saturated carbocycles. The highest BCUT2D eigenvalue weighted by molar-refractivity contribution is 5.91. The lowest BCUT2D eigenvalue weighted by molar-refractivity contribution is 0.0665. The van der Waals surface area contributed by atoms with Gasteiger partial charge < -0.3 is 14.8 Å². The Morgan fingerprint density at radius 1 is 1.38 bits per heavy atom. The summed E-state index contributed by atoms with van der Waals surface area (Å²) in [4.78, 5) is 10.9. The van der Waals surface area contributed by atoms with Crippen LogP contribution in [0.3, 0.4) is 0 Å². The number of carbonyl (C=O) groups is 1. The maximum Gasteiger partial charge on any atom is 0.371 e. The van der Waals surface area contributed by atoms with Gasteiger partial charge in [-0.05, 0) is 48.4 Å². The van der Waals surface area contributed by atoms with E-state index in [4.69, 9.17) is 9.52 Å². The van der Waals surface area contributed by atoms with Gasteiger partial charge in [0.1, 0.15) is 5.58 Å². The summed E-state index contributed by atoms with van der Waals surface area (Å²) in [6.45, 7) is 4.13. The summed E-state index contributed by atoms with van der Waals surface area (Å²) >= 11 is 0. The predicted molar refractivity (Wildman–Crippen MR) is 81.5 cm³/mol. The van der Waals surface area contributed by atoms with E-state index in [9.17, 15) is 4.79 Å². The number of benzene rings is 1. The van der Waals surface area contributed by atoms with E-state index in [1.165, 1.54) is 25.7 Å². The van der Waals surface area contributed by atoms with Crippen LogP contribution in [-0.4, -0.2) is 17.6 Å². The van der Waals surface area contributed by atoms with Crippen molar-refractivity contribution in [3.63, 3.8) is 0 Å². The van der Waals surface area contributed by atoms with Crippen molar-refractivity contribution >= 4 is 16.9 Å². The molecule has 1 heterocycles. The number of hydrogen-bond donors (Lipinski definition) is 2. The molecular formula is C17H21NO3. The summed E-state index contributed by atoms with van der Waals surface area (Å²) < 4.78 is 5.27. The molecule has 0 saturated heterocycles. The monoisotopic (exact) mass is 287 g/mol. The fourth-order valence-electron chi connectivity index (χ4n) is 3.00. The van der Waals surface area contributed by atoms with E-state index in [2.05, 4.69) is 12.2 Å². The number of rotatable bonds is 7. The van der Waals surface area contributed by atoms with Gasteiger partial charge in [0.05, 0.1) is 0 Å². The van der Waals surface area contributed by atoms with E-state index < -0.39 is 5.97 Å². The first-order valence-corrected chi connectivity index (χ1v) is 7.58. The first-order valence-electron chi connectivity index (χ1n) is 7.58. The average molecular weight is 287 g/mol. The summed E-state index contributed by atoms with van der Waals surface area (Å²) in [5.74, 6) is -1.03. The molecule has 2 aromatic rings. The molecule has 0 atom stereocenters. The fourth-order valence-corrected chi connectivity index (χ4v) is 3.00. The Morgan fingerprint density at radius 2 is 2.19 bits per heavy atom. The zero-order valence-electron chi connectivity index (χ0n) is 12.3. The Hall–Kier alpha value is -1.81. The Kier molecular flexibility index (Phi) is 3.72. The van der Waals surface area contributed by atoms with Gasteiger partial charge in [-0.2, -0.15) is 0 Å². The van der Waals surface area contributed by atoms with Crippen molar-refractivity contribution in [2.75, 3.05) is 6.54 Å². The van der Waals surface area contributed by atoms with Crippen LogP contribution < -0.4 is 5.32 Å². The molecule has 1 aliphatic rings. The van der Waals surface area contributed by atoms with Crippen molar-refractivity contribution in [3.05, 3.63) is 35.6 Å². The Bertz CT molecular complexity index is 655. The molecule has 3 rings (SSSR count). The van der Waals surface area contributed by atoms with Crippen molar-refractivity contribution in [2.24, 2.45) is 5.41 Å². The number of aromatic carboxylic acids is 1. The van der Waals surface area contributed by atoms with Crippen LogP contribution in [0, 0.1) is 5.41 Å². The third kappa shape index (κ3) is 3.10. The van der Waals surface area contributed by atoms with E-state index >= 15 is 0 Å². The number of nitrogens with one attached hydrogen (secondary N) is 1. The van der Waals surface area contributed by atoms with Crippen molar-refractivity contribution in [1.82, 2.24) is 5.32 Å². The van der Waals surface area contributed by atoms with E-state index in [0.29, 0.717) is 11.0 Å². The molecule has 1 aromatic heterocycles. The molecule has 1 fully saturated rings. The van der Waals surface area contributed by atoms with Gasteiger partial charge in [-0.1, -0.05) is 19.4 Å². The van der Waals surface area contributed by atoms with Gasteiger partial charge in [0.15, 0.2) is 0 Å². The number of fused-ring (bicyclic) bond motifs is 1. The molecule has 0 aliphatic heterocycles. The quantitative estimate of drug-likeness (QED) is 0.813. The average Bonchev–Trinajstić information content (AvgIpc) is 3.07. The number of carboxylic acid groups (broad SMARTS) is 1. The molecule has 4 heteroatoms. The summed E-state index contributed by atoms with van der Waals surface area (Å²) in [7, 11) is 0. The van der Waals surface area contributed by atoms with Gasteiger partial charge in [-0.25, -0.2) is 4.79 Å². The molecule has 0 radical (unpaired) electrons. The van der Waals surface area contributed by atoms with Crippen LogP contribution in [0.4, 0.5) is 0 Å². The molecule has 1 aliphatic carbocycles. The Labute approximate surface area is 124 Å². The van der Waals surface area contributed by atoms with Crippen LogP contribution in [0.1, 0.15) is 48.7 Å². The highest BCUT2D eigenvalue weighted by Crippen LogP contribution is 2.48. The minimum atomic E-state index is -1.03. The van der Waals surface area contributed by atoms with E-state index in [1.54, 1.807) is 6.07 Å². The predicted octanol–water partition coefficient (Wildman–Crippen LogP) is 3.80. The Morgan fingerprint density at radius 3 is 2.86 bits per heavy atom.